The van der Waals surface area contributed by atoms with Crippen molar-refractivity contribution in [2.24, 2.45) is 7.05 Å². The molecule has 12 nitrogen and oxygen atoms in total. The van der Waals surface area contributed by atoms with Crippen LogP contribution >= 0.6 is 0 Å². The topological polar surface area (TPSA) is 142 Å². The molecule has 0 aliphatic carbocycles. The minimum absolute atomic E-state index is 0.344. The van der Waals surface area contributed by atoms with Gasteiger partial charge in [0.1, 0.15) is 11.8 Å². The Morgan fingerprint density at radius 1 is 0.800 bits per heavy atom. The van der Waals surface area contributed by atoms with Crippen LogP contribution in [0.2, 0.25) is 0 Å². The van der Waals surface area contributed by atoms with E-state index in [1.54, 1.807) is 7.05 Å². The lowest BCUT2D eigenvalue weighted by Gasteiger charge is -2.32. The third-order valence-corrected chi connectivity index (χ3v) is 8.45. The molecule has 0 unspecified atom stereocenters. The van der Waals surface area contributed by atoms with Crippen molar-refractivity contribution in [2.75, 3.05) is 18.8 Å². The van der Waals surface area contributed by atoms with Gasteiger partial charge in [0.2, 0.25) is 5.82 Å². The van der Waals surface area contributed by atoms with E-state index in [0.29, 0.717) is 23.2 Å². The van der Waals surface area contributed by atoms with Crippen molar-refractivity contribution in [1.82, 2.24) is 54.6 Å². The molecular weight excluding hydrogens is 564 g/mol. The van der Waals surface area contributed by atoms with Gasteiger partial charge in [-0.15, -0.1) is 10.2 Å². The Hall–Kier alpha value is -5.62. The predicted octanol–water partition coefficient (Wildman–Crippen LogP) is 4.71. The van der Waals surface area contributed by atoms with Gasteiger partial charge < -0.3 is 10.3 Å². The van der Waals surface area contributed by atoms with Crippen LogP contribution in [0.15, 0.2) is 85.5 Å². The van der Waals surface area contributed by atoms with E-state index in [4.69, 9.17) is 15.7 Å². The Balaban J connectivity index is 1.04. The molecule has 1 saturated heterocycles. The molecule has 7 aromatic rings. The number of nitrogens with zero attached hydrogens (tertiary/aromatic N) is 11. The number of imidazole rings is 1. The molecule has 0 spiro atoms. The number of likely N-dealkylation sites (tertiary alicyclic amines) is 1. The Kier molecular flexibility index (Phi) is 6.68. The van der Waals surface area contributed by atoms with Gasteiger partial charge >= 0.3 is 0 Å². The van der Waals surface area contributed by atoms with Crippen LogP contribution in [0.1, 0.15) is 24.4 Å². The number of rotatable bonds is 6. The molecule has 0 atom stereocenters. The SMILES string of the molecule is Cn1nnc(-c2ccc3nc(-c4ccccc4)c(-c4ccc(CN5CCC(n6cnc7c(N)ncnc76)CC5)cc4)nc3c2)n1. The van der Waals surface area contributed by atoms with E-state index >= 15 is 0 Å². The molecular formula is C33H30N12. The number of benzene rings is 3. The van der Waals surface area contributed by atoms with Gasteiger partial charge in [-0.3, -0.25) is 4.90 Å². The van der Waals surface area contributed by atoms with Gasteiger partial charge in [-0.1, -0.05) is 54.6 Å². The van der Waals surface area contributed by atoms with Crippen LogP contribution in [0.5, 0.6) is 0 Å². The molecule has 0 amide bonds. The normalized spacial score (nSPS) is 14.4. The van der Waals surface area contributed by atoms with Crippen molar-refractivity contribution in [2.45, 2.75) is 25.4 Å². The minimum atomic E-state index is 0.344. The first kappa shape index (κ1) is 27.0. The summed E-state index contributed by atoms with van der Waals surface area (Å²) in [6.45, 7) is 2.87. The van der Waals surface area contributed by atoms with Crippen LogP contribution in [0.3, 0.4) is 0 Å². The highest BCUT2D eigenvalue weighted by molar-refractivity contribution is 5.88. The largest absolute Gasteiger partial charge is 0.382 e. The number of nitrogen functional groups attached to an aromatic ring is 1. The molecule has 0 radical (unpaired) electrons. The van der Waals surface area contributed by atoms with Crippen molar-refractivity contribution < 1.29 is 0 Å². The van der Waals surface area contributed by atoms with Crippen molar-refractivity contribution >= 4 is 28.0 Å². The van der Waals surface area contributed by atoms with Gasteiger partial charge in [-0.2, -0.15) is 4.80 Å². The van der Waals surface area contributed by atoms with Crippen molar-refractivity contribution in [3.63, 3.8) is 0 Å². The van der Waals surface area contributed by atoms with Crippen molar-refractivity contribution in [1.29, 1.82) is 0 Å². The van der Waals surface area contributed by atoms with E-state index < -0.39 is 0 Å². The van der Waals surface area contributed by atoms with E-state index in [-0.39, 0.29) is 0 Å². The van der Waals surface area contributed by atoms with Gasteiger partial charge in [0.25, 0.3) is 0 Å². The molecule has 5 heterocycles. The molecule has 1 aliphatic rings. The second-order valence-corrected chi connectivity index (χ2v) is 11.4. The highest BCUT2D eigenvalue weighted by atomic mass is 15.6. The van der Waals surface area contributed by atoms with Crippen molar-refractivity contribution in [3.8, 4) is 33.9 Å². The van der Waals surface area contributed by atoms with Crippen LogP contribution in [-0.2, 0) is 13.6 Å². The molecule has 45 heavy (non-hydrogen) atoms. The van der Waals surface area contributed by atoms with E-state index in [2.05, 4.69) is 76.2 Å². The van der Waals surface area contributed by atoms with Gasteiger partial charge in [-0.05, 0) is 41.8 Å². The Morgan fingerprint density at radius 2 is 1.53 bits per heavy atom. The third-order valence-electron chi connectivity index (χ3n) is 8.45. The molecule has 0 bridgehead atoms. The Bertz CT molecular complexity index is 2130. The molecule has 1 fully saturated rings. The quantitative estimate of drug-likeness (QED) is 0.287. The molecule has 1 aliphatic heterocycles. The second-order valence-electron chi connectivity index (χ2n) is 11.4. The van der Waals surface area contributed by atoms with Crippen LogP contribution in [0.4, 0.5) is 5.82 Å². The maximum Gasteiger partial charge on any atom is 0.204 e. The number of hydrogen-bond donors (Lipinski definition) is 1. The summed E-state index contributed by atoms with van der Waals surface area (Å²) in [6.07, 6.45) is 5.40. The molecule has 222 valence electrons. The first-order chi connectivity index (χ1) is 22.1. The number of aromatic nitrogens is 10. The van der Waals surface area contributed by atoms with Crippen LogP contribution < -0.4 is 5.73 Å². The van der Waals surface area contributed by atoms with E-state index in [0.717, 1.165) is 77.2 Å². The summed E-state index contributed by atoms with van der Waals surface area (Å²) in [5.41, 5.74) is 14.9. The molecule has 0 saturated carbocycles. The van der Waals surface area contributed by atoms with Gasteiger partial charge in [0.05, 0.1) is 35.8 Å². The monoisotopic (exact) mass is 594 g/mol. The lowest BCUT2D eigenvalue weighted by Crippen LogP contribution is -2.34. The van der Waals surface area contributed by atoms with Gasteiger partial charge in [0.15, 0.2) is 11.5 Å². The summed E-state index contributed by atoms with van der Waals surface area (Å²) in [6, 6.07) is 25.2. The maximum absolute atomic E-state index is 6.00. The summed E-state index contributed by atoms with van der Waals surface area (Å²) in [4.78, 5) is 27.1. The average molecular weight is 595 g/mol. The third kappa shape index (κ3) is 5.14. The summed E-state index contributed by atoms with van der Waals surface area (Å²) in [7, 11) is 1.75. The minimum Gasteiger partial charge on any atom is -0.382 e. The molecule has 12 heteroatoms. The first-order valence-corrected chi connectivity index (χ1v) is 15.0. The Labute approximate surface area is 258 Å². The second kappa shape index (κ2) is 11.1. The zero-order valence-electron chi connectivity index (χ0n) is 24.7. The fourth-order valence-electron chi connectivity index (χ4n) is 6.11. The zero-order valence-corrected chi connectivity index (χ0v) is 24.7. The molecule has 3 aromatic carbocycles. The number of nitrogens with two attached hydrogens (primary N) is 1. The fraction of sp³-hybridized carbons (Fsp3) is 0.212. The number of piperidine rings is 1. The van der Waals surface area contributed by atoms with E-state index in [1.807, 2.05) is 42.7 Å². The van der Waals surface area contributed by atoms with Crippen LogP contribution in [0.25, 0.3) is 56.1 Å². The first-order valence-electron chi connectivity index (χ1n) is 15.0. The van der Waals surface area contributed by atoms with Crippen LogP contribution in [0, 0.1) is 0 Å². The van der Waals surface area contributed by atoms with Gasteiger partial charge in [0, 0.05) is 42.4 Å². The predicted molar refractivity (Wildman–Crippen MR) is 171 cm³/mol. The van der Waals surface area contributed by atoms with Gasteiger partial charge in [-0.25, -0.2) is 24.9 Å². The van der Waals surface area contributed by atoms with Crippen LogP contribution in [-0.4, -0.2) is 67.7 Å². The maximum atomic E-state index is 6.00. The Morgan fingerprint density at radius 3 is 2.29 bits per heavy atom. The molecule has 4 aromatic heterocycles. The number of tetrazole rings is 1. The number of anilines is 1. The smallest absolute Gasteiger partial charge is 0.204 e. The number of hydrogen-bond acceptors (Lipinski definition) is 10. The lowest BCUT2D eigenvalue weighted by atomic mass is 10.0. The van der Waals surface area contributed by atoms with E-state index in [9.17, 15) is 0 Å². The highest BCUT2D eigenvalue weighted by Gasteiger charge is 2.23. The highest BCUT2D eigenvalue weighted by Crippen LogP contribution is 2.33. The summed E-state index contributed by atoms with van der Waals surface area (Å²) >= 11 is 0. The summed E-state index contributed by atoms with van der Waals surface area (Å²) in [5.74, 6) is 0.981. The summed E-state index contributed by atoms with van der Waals surface area (Å²) in [5, 5.41) is 12.5. The average Bonchev–Trinajstić information content (AvgIpc) is 3.72. The molecule has 2 N–H and O–H groups in total. The lowest BCUT2D eigenvalue weighted by molar-refractivity contribution is 0.181. The number of aryl methyl sites for hydroxylation is 1. The fourth-order valence-corrected chi connectivity index (χ4v) is 6.11. The standard InChI is InChI=1S/C33H30N12/c1-43-41-32(40-42-43)24-11-12-26-27(17-24)39-29(28(38-26)22-5-3-2-4-6-22)23-9-7-21(8-10-23)18-44-15-13-25(14-16-44)45-20-37-30-31(34)35-19-36-33(30)45/h2-12,17,19-20,25H,13-16,18H2,1H3,(H2,34,35,36). The summed E-state index contributed by atoms with van der Waals surface area (Å²) < 4.78 is 2.15. The van der Waals surface area contributed by atoms with Crippen molar-refractivity contribution in [3.05, 3.63) is 91.0 Å². The zero-order chi connectivity index (χ0) is 30.3. The number of fused-ring (bicyclic) bond motifs is 2. The molecule has 8 rings (SSSR count). The van der Waals surface area contributed by atoms with E-state index in [1.165, 1.54) is 16.7 Å².